The van der Waals surface area contributed by atoms with E-state index in [1.54, 1.807) is 13.1 Å². The van der Waals surface area contributed by atoms with E-state index in [4.69, 9.17) is 0 Å². The fraction of sp³-hybridized carbons (Fsp3) is 0.316. The van der Waals surface area contributed by atoms with Crippen molar-refractivity contribution in [2.45, 2.75) is 32.9 Å². The van der Waals surface area contributed by atoms with E-state index in [-0.39, 0.29) is 17.7 Å². The van der Waals surface area contributed by atoms with Gasteiger partial charge in [0.25, 0.3) is 11.8 Å². The van der Waals surface area contributed by atoms with Crippen molar-refractivity contribution in [2.75, 3.05) is 0 Å². The smallest absolute Gasteiger partial charge is 0.272 e. The summed E-state index contributed by atoms with van der Waals surface area (Å²) in [7, 11) is 0. The zero-order valence-electron chi connectivity index (χ0n) is 15.2. The fourth-order valence-electron chi connectivity index (χ4n) is 3.06. The van der Waals surface area contributed by atoms with Gasteiger partial charge in [0.2, 0.25) is 5.66 Å². The molecule has 1 aliphatic heterocycles. The molecule has 3 rings (SSSR count). The molecule has 2 heterocycles. The molecule has 0 saturated carbocycles. The first-order valence-electron chi connectivity index (χ1n) is 8.61. The van der Waals surface area contributed by atoms with E-state index in [0.29, 0.717) is 12.1 Å². The summed E-state index contributed by atoms with van der Waals surface area (Å²) in [6, 6.07) is 3.99. The summed E-state index contributed by atoms with van der Waals surface area (Å²) in [5.41, 5.74) is 0.983. The third-order valence-electron chi connectivity index (χ3n) is 4.88. The maximum Gasteiger partial charge on any atom is 0.272 e. The number of aromatic nitrogens is 1. The lowest BCUT2D eigenvalue weighted by Gasteiger charge is -2.30. The van der Waals surface area contributed by atoms with Gasteiger partial charge in [-0.1, -0.05) is 13.8 Å². The van der Waals surface area contributed by atoms with Crippen molar-refractivity contribution < 1.29 is 9.59 Å². The van der Waals surface area contributed by atoms with E-state index in [1.807, 2.05) is 38.3 Å². The van der Waals surface area contributed by atoms with Crippen molar-refractivity contribution in [2.24, 2.45) is 10.9 Å². The molecule has 2 amide bonds. The monoisotopic (exact) mass is 494 g/mol. The van der Waals surface area contributed by atoms with Crippen molar-refractivity contribution in [3.8, 4) is 0 Å². The highest BCUT2D eigenvalue weighted by Gasteiger charge is 2.48. The van der Waals surface area contributed by atoms with Crippen LogP contribution in [0.2, 0.25) is 0 Å². The van der Waals surface area contributed by atoms with Crippen molar-refractivity contribution >= 4 is 66.4 Å². The van der Waals surface area contributed by atoms with E-state index in [0.717, 1.165) is 25.4 Å². The molecule has 27 heavy (non-hydrogen) atoms. The van der Waals surface area contributed by atoms with Gasteiger partial charge >= 0.3 is 0 Å². The zero-order valence-corrected chi connectivity index (χ0v) is 18.4. The lowest BCUT2D eigenvalue weighted by Crippen LogP contribution is -2.57. The molecule has 0 saturated heterocycles. The van der Waals surface area contributed by atoms with Crippen LogP contribution in [-0.4, -0.2) is 28.2 Å². The largest absolute Gasteiger partial charge is 0.361 e. The molecule has 8 heteroatoms. The summed E-state index contributed by atoms with van der Waals surface area (Å²) in [6.07, 6.45) is 5.98. The standard InChI is InChI=1S/C19H20Br2N4O2/c1-4-10(2)19(24-11(3)17(26)25-19)18(27)22-6-5-12-9-23-16-8-15(21)14(20)7-13(12)16/h5-10,23H,4H2,1-3H3,(H,22,27)(H,25,26)/b6-5-/t10-,19-/m1/s1. The molecule has 2 aromatic rings. The molecule has 0 bridgehead atoms. The van der Waals surface area contributed by atoms with Gasteiger partial charge < -0.3 is 15.6 Å². The minimum Gasteiger partial charge on any atom is -0.361 e. The Hall–Kier alpha value is -1.93. The van der Waals surface area contributed by atoms with Gasteiger partial charge in [-0.05, 0) is 63.4 Å². The SMILES string of the molecule is CC[C@@H](C)[C@@]1(C(=O)N/C=C\c2c[nH]c3cc(Br)c(Br)cc23)N=C(C)C(=O)N1. The molecular weight excluding hydrogens is 476 g/mol. The average molecular weight is 496 g/mol. The lowest BCUT2D eigenvalue weighted by molar-refractivity contribution is -0.131. The second-order valence-electron chi connectivity index (χ2n) is 6.59. The number of H-pyrrole nitrogens is 1. The maximum atomic E-state index is 12.8. The summed E-state index contributed by atoms with van der Waals surface area (Å²) in [6.45, 7) is 5.48. The Morgan fingerprint density at radius 1 is 1.37 bits per heavy atom. The molecule has 0 radical (unpaired) electrons. The summed E-state index contributed by atoms with van der Waals surface area (Å²) in [4.78, 5) is 32.3. The molecule has 1 aromatic heterocycles. The minimum absolute atomic E-state index is 0.131. The molecule has 2 atom stereocenters. The number of fused-ring (bicyclic) bond motifs is 1. The number of hydrogen-bond donors (Lipinski definition) is 3. The highest BCUT2D eigenvalue weighted by molar-refractivity contribution is 9.13. The number of carbonyl (C=O) groups is 2. The van der Waals surface area contributed by atoms with Gasteiger partial charge in [0.15, 0.2) is 0 Å². The highest BCUT2D eigenvalue weighted by atomic mass is 79.9. The predicted molar refractivity (Wildman–Crippen MR) is 114 cm³/mol. The van der Waals surface area contributed by atoms with Gasteiger partial charge in [-0.25, -0.2) is 4.99 Å². The number of hydrogen-bond acceptors (Lipinski definition) is 3. The van der Waals surface area contributed by atoms with E-state index < -0.39 is 5.66 Å². The average Bonchev–Trinajstić information content (AvgIpc) is 3.16. The third-order valence-corrected chi connectivity index (χ3v) is 6.72. The van der Waals surface area contributed by atoms with Crippen LogP contribution in [0.25, 0.3) is 17.0 Å². The molecule has 1 aliphatic rings. The third kappa shape index (κ3) is 3.60. The van der Waals surface area contributed by atoms with Gasteiger partial charge in [-0.3, -0.25) is 9.59 Å². The van der Waals surface area contributed by atoms with Crippen LogP contribution >= 0.6 is 31.9 Å². The topological polar surface area (TPSA) is 86.3 Å². The number of nitrogens with zero attached hydrogens (tertiary/aromatic N) is 1. The highest BCUT2D eigenvalue weighted by Crippen LogP contribution is 2.30. The van der Waals surface area contributed by atoms with Crippen molar-refractivity contribution in [1.82, 2.24) is 15.6 Å². The van der Waals surface area contributed by atoms with Crippen LogP contribution in [-0.2, 0) is 9.59 Å². The Bertz CT molecular complexity index is 979. The first-order chi connectivity index (χ1) is 12.8. The summed E-state index contributed by atoms with van der Waals surface area (Å²) in [5.74, 6) is -0.780. The summed E-state index contributed by atoms with van der Waals surface area (Å²) < 4.78 is 1.91. The second-order valence-corrected chi connectivity index (χ2v) is 8.30. The Balaban J connectivity index is 1.82. The number of amides is 2. The van der Waals surface area contributed by atoms with Crippen LogP contribution < -0.4 is 10.6 Å². The molecule has 142 valence electrons. The van der Waals surface area contributed by atoms with E-state index in [9.17, 15) is 9.59 Å². The molecule has 1 aromatic carbocycles. The number of halogens is 2. The number of benzene rings is 1. The van der Waals surface area contributed by atoms with Gasteiger partial charge in [-0.15, -0.1) is 0 Å². The summed E-state index contributed by atoms with van der Waals surface area (Å²) in [5, 5.41) is 6.55. The number of rotatable bonds is 5. The molecule has 3 N–H and O–H groups in total. The van der Waals surface area contributed by atoms with Crippen LogP contribution in [0.1, 0.15) is 32.8 Å². The zero-order chi connectivity index (χ0) is 19.8. The molecular formula is C19H20Br2N4O2. The molecule has 0 aliphatic carbocycles. The van der Waals surface area contributed by atoms with Gasteiger partial charge in [0, 0.05) is 43.7 Å². The molecule has 0 spiro atoms. The molecule has 0 fully saturated rings. The number of aromatic amines is 1. The van der Waals surface area contributed by atoms with E-state index in [1.165, 1.54) is 0 Å². The Kier molecular flexibility index (Phi) is 5.58. The van der Waals surface area contributed by atoms with Crippen molar-refractivity contribution in [3.63, 3.8) is 0 Å². The Morgan fingerprint density at radius 3 is 2.70 bits per heavy atom. The lowest BCUT2D eigenvalue weighted by atomic mass is 9.91. The Labute approximate surface area is 174 Å². The van der Waals surface area contributed by atoms with Crippen LogP contribution in [0.5, 0.6) is 0 Å². The second kappa shape index (κ2) is 7.59. The summed E-state index contributed by atoms with van der Waals surface area (Å²) >= 11 is 6.99. The van der Waals surface area contributed by atoms with Gasteiger partial charge in [0.1, 0.15) is 0 Å². The van der Waals surface area contributed by atoms with Crippen LogP contribution in [0, 0.1) is 5.92 Å². The van der Waals surface area contributed by atoms with Crippen LogP contribution in [0.15, 0.2) is 38.5 Å². The number of aliphatic imine (C=N–C) groups is 1. The number of nitrogens with one attached hydrogen (secondary N) is 3. The van der Waals surface area contributed by atoms with Crippen molar-refractivity contribution in [3.05, 3.63) is 39.0 Å². The maximum absolute atomic E-state index is 12.8. The molecule has 6 nitrogen and oxygen atoms in total. The van der Waals surface area contributed by atoms with Crippen LogP contribution in [0.4, 0.5) is 0 Å². The van der Waals surface area contributed by atoms with Crippen LogP contribution in [0.3, 0.4) is 0 Å². The first kappa shape index (κ1) is 19.8. The fourth-order valence-corrected chi connectivity index (χ4v) is 3.75. The van der Waals surface area contributed by atoms with E-state index in [2.05, 4.69) is 52.5 Å². The molecule has 0 unspecified atom stereocenters. The number of carbonyl (C=O) groups excluding carboxylic acids is 2. The normalized spacial score (nSPS) is 20.8. The quantitative estimate of drug-likeness (QED) is 0.582. The van der Waals surface area contributed by atoms with Crippen molar-refractivity contribution in [1.29, 1.82) is 0 Å². The minimum atomic E-state index is -1.26. The Morgan fingerprint density at radius 2 is 2.07 bits per heavy atom. The predicted octanol–water partition coefficient (Wildman–Crippen LogP) is 4.11. The van der Waals surface area contributed by atoms with E-state index >= 15 is 0 Å². The van der Waals surface area contributed by atoms with Gasteiger partial charge in [-0.2, -0.15) is 0 Å². The first-order valence-corrected chi connectivity index (χ1v) is 10.2. The van der Waals surface area contributed by atoms with Gasteiger partial charge in [0.05, 0.1) is 5.71 Å².